The summed E-state index contributed by atoms with van der Waals surface area (Å²) in [6, 6.07) is 5.98. The number of hydrogen-bond donors (Lipinski definition) is 1. The van der Waals surface area contributed by atoms with Crippen molar-refractivity contribution in [2.24, 2.45) is 0 Å². The van der Waals surface area contributed by atoms with E-state index in [2.05, 4.69) is 26.2 Å². The molecule has 1 amide bonds. The summed E-state index contributed by atoms with van der Waals surface area (Å²) in [6.45, 7) is 0. The van der Waals surface area contributed by atoms with E-state index in [-0.39, 0.29) is 10.7 Å². The summed E-state index contributed by atoms with van der Waals surface area (Å²) in [5, 5.41) is 13.7. The van der Waals surface area contributed by atoms with Crippen molar-refractivity contribution in [3.63, 3.8) is 0 Å². The van der Waals surface area contributed by atoms with E-state index in [1.165, 1.54) is 0 Å². The van der Waals surface area contributed by atoms with Gasteiger partial charge in [-0.15, -0.1) is 0 Å². The molecule has 0 saturated carbocycles. The number of benzene rings is 1. The summed E-state index contributed by atoms with van der Waals surface area (Å²) in [6.07, 6.45) is 0.930. The summed E-state index contributed by atoms with van der Waals surface area (Å²) in [7, 11) is 0. The third-order valence-corrected chi connectivity index (χ3v) is 3.50. The molecule has 0 aliphatic rings. The fraction of sp³-hybridized carbons (Fsp3) is 0. The van der Waals surface area contributed by atoms with E-state index in [0.717, 1.165) is 12.3 Å². The molecule has 0 atom stereocenters. The van der Waals surface area contributed by atoms with Crippen molar-refractivity contribution >= 4 is 56.4 Å². The zero-order valence-corrected chi connectivity index (χ0v) is 13.2. The Morgan fingerprint density at radius 2 is 2.05 bits per heavy atom. The second-order valence-electron chi connectivity index (χ2n) is 3.86. The van der Waals surface area contributed by atoms with Crippen LogP contribution in [0.3, 0.4) is 0 Å². The van der Waals surface area contributed by atoms with Crippen LogP contribution in [0, 0.1) is 10.1 Å². The van der Waals surface area contributed by atoms with Gasteiger partial charge in [0.05, 0.1) is 15.6 Å². The molecular weight excluding hydrogens is 385 g/mol. The first-order valence-corrected chi connectivity index (χ1v) is 6.99. The number of nitrogens with zero attached hydrogens (tertiary/aromatic N) is 2. The lowest BCUT2D eigenvalue weighted by Crippen LogP contribution is -2.14. The smallest absolute Gasteiger partial charge is 0.300 e. The molecule has 0 fully saturated rings. The molecule has 0 bridgehead atoms. The van der Waals surface area contributed by atoms with Gasteiger partial charge in [0.25, 0.3) is 11.6 Å². The van der Waals surface area contributed by atoms with Gasteiger partial charge in [0.1, 0.15) is 16.9 Å². The molecule has 1 aromatic carbocycles. The monoisotopic (exact) mass is 389 g/mol. The summed E-state index contributed by atoms with van der Waals surface area (Å²) in [4.78, 5) is 26.0. The summed E-state index contributed by atoms with van der Waals surface area (Å²) in [5.74, 6) is -0.703. The molecule has 2 rings (SSSR count). The molecule has 2 aromatic rings. The number of anilines is 1. The minimum Gasteiger partial charge on any atom is -0.320 e. The van der Waals surface area contributed by atoms with Gasteiger partial charge in [-0.2, -0.15) is 0 Å². The molecule has 0 aliphatic carbocycles. The van der Waals surface area contributed by atoms with E-state index in [4.69, 9.17) is 23.2 Å². The Morgan fingerprint density at radius 1 is 1.33 bits per heavy atom. The summed E-state index contributed by atoms with van der Waals surface area (Å²) in [5.41, 5.74) is -0.322. The average Bonchev–Trinajstić information content (AvgIpc) is 2.42. The highest BCUT2D eigenvalue weighted by atomic mass is 79.9. The third kappa shape index (κ3) is 3.69. The predicted molar refractivity (Wildman–Crippen MR) is 83.0 cm³/mol. The van der Waals surface area contributed by atoms with Gasteiger partial charge in [-0.25, -0.2) is 4.98 Å². The molecule has 1 N–H and O–H groups in total. The predicted octanol–water partition coefficient (Wildman–Crippen LogP) is 4.31. The number of hydrogen-bond acceptors (Lipinski definition) is 4. The first kappa shape index (κ1) is 15.7. The number of aromatic nitrogens is 1. The highest BCUT2D eigenvalue weighted by Crippen LogP contribution is 2.27. The second kappa shape index (κ2) is 6.38. The number of pyridine rings is 1. The Morgan fingerprint density at radius 3 is 2.71 bits per heavy atom. The minimum atomic E-state index is -0.708. The first-order valence-electron chi connectivity index (χ1n) is 5.45. The van der Waals surface area contributed by atoms with Crippen LogP contribution >= 0.6 is 39.1 Å². The van der Waals surface area contributed by atoms with Crippen LogP contribution in [0.4, 0.5) is 11.4 Å². The number of rotatable bonds is 3. The SMILES string of the molecule is O=C(Nc1cc(Br)ccc1Cl)c1cc(Cl)ncc1[N+](=O)[O-]. The van der Waals surface area contributed by atoms with Crippen LogP contribution in [-0.2, 0) is 0 Å². The zero-order chi connectivity index (χ0) is 15.6. The van der Waals surface area contributed by atoms with Crippen molar-refractivity contribution in [3.8, 4) is 0 Å². The van der Waals surface area contributed by atoms with Crippen molar-refractivity contribution in [1.29, 1.82) is 0 Å². The molecule has 0 saturated heterocycles. The van der Waals surface area contributed by atoms with E-state index in [0.29, 0.717) is 15.2 Å². The van der Waals surface area contributed by atoms with Crippen molar-refractivity contribution in [2.75, 3.05) is 5.32 Å². The van der Waals surface area contributed by atoms with Gasteiger partial charge in [0.15, 0.2) is 0 Å². The minimum absolute atomic E-state index is 0.0221. The van der Waals surface area contributed by atoms with Gasteiger partial charge in [-0.1, -0.05) is 39.1 Å². The van der Waals surface area contributed by atoms with E-state index >= 15 is 0 Å². The second-order valence-corrected chi connectivity index (χ2v) is 5.57. The average molecular weight is 391 g/mol. The molecule has 1 heterocycles. The highest BCUT2D eigenvalue weighted by Gasteiger charge is 2.22. The lowest BCUT2D eigenvalue weighted by atomic mass is 10.2. The maximum Gasteiger partial charge on any atom is 0.300 e. The van der Waals surface area contributed by atoms with Crippen molar-refractivity contribution < 1.29 is 9.72 Å². The Bertz CT molecular complexity index is 740. The van der Waals surface area contributed by atoms with Gasteiger partial charge in [-0.05, 0) is 24.3 Å². The number of amides is 1. The highest BCUT2D eigenvalue weighted by molar-refractivity contribution is 9.10. The van der Waals surface area contributed by atoms with Gasteiger partial charge in [0.2, 0.25) is 0 Å². The Hall–Kier alpha value is -1.70. The standard InChI is InChI=1S/C12H6BrCl2N3O3/c13-6-1-2-8(14)9(3-6)17-12(19)7-4-11(15)16-5-10(7)18(20)21/h1-5H,(H,17,19). The maximum absolute atomic E-state index is 12.2. The summed E-state index contributed by atoms with van der Waals surface area (Å²) < 4.78 is 0.699. The van der Waals surface area contributed by atoms with E-state index in [1.807, 2.05) is 0 Å². The Labute approximate surface area is 137 Å². The van der Waals surface area contributed by atoms with E-state index < -0.39 is 16.5 Å². The molecule has 0 unspecified atom stereocenters. The molecule has 1 aromatic heterocycles. The van der Waals surface area contributed by atoms with Gasteiger partial charge in [-0.3, -0.25) is 14.9 Å². The van der Waals surface area contributed by atoms with Crippen LogP contribution in [0.2, 0.25) is 10.2 Å². The quantitative estimate of drug-likeness (QED) is 0.480. The zero-order valence-electron chi connectivity index (χ0n) is 10.1. The third-order valence-electron chi connectivity index (χ3n) is 2.47. The molecule has 21 heavy (non-hydrogen) atoms. The molecule has 0 spiro atoms. The van der Waals surface area contributed by atoms with Crippen LogP contribution < -0.4 is 5.32 Å². The first-order chi connectivity index (χ1) is 9.88. The van der Waals surface area contributed by atoms with Crippen LogP contribution in [0.1, 0.15) is 10.4 Å². The maximum atomic E-state index is 12.2. The van der Waals surface area contributed by atoms with Crippen molar-refractivity contribution in [2.45, 2.75) is 0 Å². The molecule has 9 heteroatoms. The van der Waals surface area contributed by atoms with E-state index in [9.17, 15) is 14.9 Å². The van der Waals surface area contributed by atoms with Gasteiger partial charge >= 0.3 is 0 Å². The molecule has 0 radical (unpaired) electrons. The molecule has 6 nitrogen and oxygen atoms in total. The fourth-order valence-electron chi connectivity index (χ4n) is 1.53. The van der Waals surface area contributed by atoms with E-state index in [1.54, 1.807) is 18.2 Å². The number of nitro groups is 1. The van der Waals surface area contributed by atoms with Crippen LogP contribution in [0.5, 0.6) is 0 Å². The lowest BCUT2D eigenvalue weighted by Gasteiger charge is -2.08. The number of halogens is 3. The lowest BCUT2D eigenvalue weighted by molar-refractivity contribution is -0.385. The van der Waals surface area contributed by atoms with Gasteiger partial charge < -0.3 is 5.32 Å². The topological polar surface area (TPSA) is 85.1 Å². The van der Waals surface area contributed by atoms with Crippen LogP contribution in [-0.4, -0.2) is 15.8 Å². The number of carbonyl (C=O) groups excluding carboxylic acids is 1. The molecule has 0 aliphatic heterocycles. The number of nitrogens with one attached hydrogen (secondary N) is 1. The van der Waals surface area contributed by atoms with Crippen molar-refractivity contribution in [1.82, 2.24) is 4.98 Å². The van der Waals surface area contributed by atoms with Gasteiger partial charge in [0, 0.05) is 4.47 Å². The van der Waals surface area contributed by atoms with Crippen LogP contribution in [0.15, 0.2) is 34.9 Å². The normalized spacial score (nSPS) is 10.2. The van der Waals surface area contributed by atoms with Crippen molar-refractivity contribution in [3.05, 3.63) is 60.8 Å². The summed E-state index contributed by atoms with van der Waals surface area (Å²) >= 11 is 14.9. The Kier molecular flexibility index (Phi) is 4.76. The Balaban J connectivity index is 2.39. The largest absolute Gasteiger partial charge is 0.320 e. The molecule has 108 valence electrons. The number of carbonyl (C=O) groups is 1. The molecular formula is C12H6BrCl2N3O3. The van der Waals surface area contributed by atoms with Crippen LogP contribution in [0.25, 0.3) is 0 Å². The fourth-order valence-corrected chi connectivity index (χ4v) is 2.22.